The van der Waals surface area contributed by atoms with Crippen LogP contribution in [0.2, 0.25) is 0 Å². The second kappa shape index (κ2) is 10.2. The minimum atomic E-state index is 0.520. The van der Waals surface area contributed by atoms with Crippen LogP contribution in [0.3, 0.4) is 0 Å². The third-order valence-corrected chi connectivity index (χ3v) is 7.61. The highest BCUT2D eigenvalue weighted by molar-refractivity contribution is 14.1. The fourth-order valence-corrected chi connectivity index (χ4v) is 6.07. The maximum absolute atomic E-state index is 2.65. The predicted molar refractivity (Wildman–Crippen MR) is 154 cm³/mol. The van der Waals surface area contributed by atoms with Gasteiger partial charge in [-0.15, -0.1) is 0 Å². The van der Waals surface area contributed by atoms with Gasteiger partial charge < -0.3 is 9.80 Å². The summed E-state index contributed by atoms with van der Waals surface area (Å²) in [7, 11) is 0. The molecule has 1 aliphatic rings. The summed E-state index contributed by atoms with van der Waals surface area (Å²) in [6, 6.07) is 9.61. The quantitative estimate of drug-likeness (QED) is 0.291. The minimum absolute atomic E-state index is 0.520. The van der Waals surface area contributed by atoms with Crippen LogP contribution in [0.1, 0.15) is 101 Å². The van der Waals surface area contributed by atoms with Crippen molar-refractivity contribution < 1.29 is 0 Å². The van der Waals surface area contributed by atoms with Crippen LogP contribution in [0.5, 0.6) is 0 Å². The molecule has 1 saturated heterocycles. The molecule has 0 atom stereocenters. The number of halogens is 2. The molecule has 0 saturated carbocycles. The maximum Gasteiger partial charge on any atom is 0.0904 e. The van der Waals surface area contributed by atoms with Crippen molar-refractivity contribution in [2.75, 3.05) is 29.6 Å². The van der Waals surface area contributed by atoms with Crippen LogP contribution < -0.4 is 9.80 Å². The van der Waals surface area contributed by atoms with Crippen LogP contribution in [-0.4, -0.2) is 19.8 Å². The van der Waals surface area contributed by atoms with Crippen molar-refractivity contribution in [3.8, 4) is 0 Å². The molecule has 2 nitrogen and oxygen atoms in total. The van der Waals surface area contributed by atoms with Crippen LogP contribution in [0, 0.1) is 7.14 Å². The van der Waals surface area contributed by atoms with Gasteiger partial charge in [0.1, 0.15) is 0 Å². The van der Waals surface area contributed by atoms with Crippen molar-refractivity contribution in [3.05, 3.63) is 53.7 Å². The van der Waals surface area contributed by atoms with Crippen molar-refractivity contribution in [2.24, 2.45) is 0 Å². The summed E-state index contributed by atoms with van der Waals surface area (Å²) in [4.78, 5) is 5.29. The fraction of sp³-hybridized carbons (Fsp3) is 0.556. The lowest BCUT2D eigenvalue weighted by Gasteiger charge is -2.31. The SMILES string of the molecule is CC(C)c1cc(I)cc(C(C)C)c1N1CCN(c2c(C(C)C)cc(I)cc2C(C)C)C1. The van der Waals surface area contributed by atoms with Gasteiger partial charge in [0.15, 0.2) is 0 Å². The smallest absolute Gasteiger partial charge is 0.0904 e. The van der Waals surface area contributed by atoms with Gasteiger partial charge in [-0.1, -0.05) is 55.4 Å². The van der Waals surface area contributed by atoms with E-state index in [9.17, 15) is 0 Å². The zero-order valence-corrected chi connectivity index (χ0v) is 24.7. The summed E-state index contributed by atoms with van der Waals surface area (Å²) in [5.41, 5.74) is 8.94. The largest absolute Gasteiger partial charge is 0.352 e. The average molecular weight is 644 g/mol. The number of rotatable bonds is 6. The van der Waals surface area contributed by atoms with E-state index >= 15 is 0 Å². The molecule has 0 spiro atoms. The van der Waals surface area contributed by atoms with E-state index in [1.807, 2.05) is 0 Å². The van der Waals surface area contributed by atoms with E-state index in [0.29, 0.717) is 23.7 Å². The molecule has 0 bridgehead atoms. The molecule has 170 valence electrons. The number of benzene rings is 2. The number of hydrogen-bond donors (Lipinski definition) is 0. The molecule has 31 heavy (non-hydrogen) atoms. The molecule has 1 aliphatic heterocycles. The van der Waals surface area contributed by atoms with E-state index < -0.39 is 0 Å². The zero-order chi connectivity index (χ0) is 23.0. The van der Waals surface area contributed by atoms with Crippen LogP contribution >= 0.6 is 45.2 Å². The van der Waals surface area contributed by atoms with Crippen LogP contribution in [0.25, 0.3) is 0 Å². The predicted octanol–water partition coefficient (Wildman–Crippen LogP) is 8.67. The second-order valence-corrected chi connectivity index (χ2v) is 12.6. The standard InChI is InChI=1S/C27H38I2N2/c1-16(2)22-11-20(28)12-23(17(3)4)26(22)30-9-10-31(15-30)27-24(18(5)6)13-21(29)14-25(27)19(7)8/h11-14,16-19H,9-10,15H2,1-8H3. The van der Waals surface area contributed by atoms with Gasteiger partial charge in [-0.3, -0.25) is 0 Å². The summed E-state index contributed by atoms with van der Waals surface area (Å²) in [5, 5.41) is 0. The fourth-order valence-electron chi connectivity index (χ4n) is 4.73. The van der Waals surface area contributed by atoms with Gasteiger partial charge in [-0.25, -0.2) is 0 Å². The summed E-state index contributed by atoms with van der Waals surface area (Å²) in [5.74, 6) is 2.08. The lowest BCUT2D eigenvalue weighted by atomic mass is 9.92. The Hall–Kier alpha value is -0.500. The summed E-state index contributed by atoms with van der Waals surface area (Å²) in [6.45, 7) is 21.8. The van der Waals surface area contributed by atoms with Crippen LogP contribution in [-0.2, 0) is 0 Å². The average Bonchev–Trinajstić information content (AvgIpc) is 3.15. The Labute approximate surface area is 217 Å². The topological polar surface area (TPSA) is 6.48 Å². The first-order valence-electron chi connectivity index (χ1n) is 11.7. The molecule has 0 unspecified atom stereocenters. The lowest BCUT2D eigenvalue weighted by Crippen LogP contribution is -2.28. The molecule has 1 fully saturated rings. The van der Waals surface area contributed by atoms with E-state index in [-0.39, 0.29) is 0 Å². The first kappa shape index (κ1) is 25.1. The summed E-state index contributed by atoms with van der Waals surface area (Å²) in [6.07, 6.45) is 0. The van der Waals surface area contributed by atoms with E-state index in [1.165, 1.54) is 40.8 Å². The molecule has 1 heterocycles. The molecule has 2 aromatic carbocycles. The van der Waals surface area contributed by atoms with Gasteiger partial charge in [0.25, 0.3) is 0 Å². The van der Waals surface area contributed by atoms with Crippen molar-refractivity contribution >= 4 is 56.6 Å². The molecule has 0 amide bonds. The first-order chi connectivity index (χ1) is 14.5. The molecule has 0 aliphatic carbocycles. The Morgan fingerprint density at radius 2 is 0.806 bits per heavy atom. The lowest BCUT2D eigenvalue weighted by molar-refractivity contribution is 0.796. The van der Waals surface area contributed by atoms with Gasteiger partial charge in [0.2, 0.25) is 0 Å². The molecular formula is C27H38I2N2. The van der Waals surface area contributed by atoms with E-state index in [0.717, 1.165) is 19.8 Å². The monoisotopic (exact) mass is 644 g/mol. The van der Waals surface area contributed by atoms with Crippen LogP contribution in [0.4, 0.5) is 11.4 Å². The van der Waals surface area contributed by atoms with E-state index in [1.54, 1.807) is 0 Å². The Bertz CT molecular complexity index is 797. The van der Waals surface area contributed by atoms with E-state index in [2.05, 4.69) is 135 Å². The Morgan fingerprint density at radius 3 is 1.03 bits per heavy atom. The third kappa shape index (κ3) is 5.36. The zero-order valence-electron chi connectivity index (χ0n) is 20.4. The van der Waals surface area contributed by atoms with Crippen molar-refractivity contribution in [1.29, 1.82) is 0 Å². The molecule has 0 aromatic heterocycles. The van der Waals surface area contributed by atoms with Crippen molar-refractivity contribution in [2.45, 2.75) is 79.1 Å². The molecule has 2 aromatic rings. The first-order valence-corrected chi connectivity index (χ1v) is 13.8. The van der Waals surface area contributed by atoms with Gasteiger partial charge in [-0.05, 0) is 115 Å². The molecule has 3 rings (SSSR count). The summed E-state index contributed by atoms with van der Waals surface area (Å²) >= 11 is 4.97. The minimum Gasteiger partial charge on any atom is -0.352 e. The van der Waals surface area contributed by atoms with Crippen LogP contribution in [0.15, 0.2) is 24.3 Å². The highest BCUT2D eigenvalue weighted by atomic mass is 127. The second-order valence-electron chi connectivity index (χ2n) is 10.2. The van der Waals surface area contributed by atoms with Gasteiger partial charge in [0, 0.05) is 31.6 Å². The van der Waals surface area contributed by atoms with Gasteiger partial charge >= 0.3 is 0 Å². The maximum atomic E-state index is 2.65. The molecule has 0 N–H and O–H groups in total. The normalized spacial score (nSPS) is 14.8. The third-order valence-electron chi connectivity index (χ3n) is 6.37. The summed E-state index contributed by atoms with van der Waals surface area (Å²) < 4.78 is 2.71. The molecular weight excluding hydrogens is 606 g/mol. The molecule has 0 radical (unpaired) electrons. The number of hydrogen-bond acceptors (Lipinski definition) is 2. The number of anilines is 2. The van der Waals surface area contributed by atoms with Crippen molar-refractivity contribution in [3.63, 3.8) is 0 Å². The Balaban J connectivity index is 2.08. The highest BCUT2D eigenvalue weighted by Crippen LogP contribution is 2.41. The van der Waals surface area contributed by atoms with Gasteiger partial charge in [-0.2, -0.15) is 0 Å². The van der Waals surface area contributed by atoms with E-state index in [4.69, 9.17) is 0 Å². The number of nitrogens with zero attached hydrogens (tertiary/aromatic N) is 2. The Kier molecular flexibility index (Phi) is 8.26. The van der Waals surface area contributed by atoms with Gasteiger partial charge in [0.05, 0.1) is 6.67 Å². The highest BCUT2D eigenvalue weighted by Gasteiger charge is 2.30. The molecule has 4 heteroatoms. The Morgan fingerprint density at radius 1 is 0.548 bits per heavy atom. The van der Waals surface area contributed by atoms with Crippen molar-refractivity contribution in [1.82, 2.24) is 0 Å².